The van der Waals surface area contributed by atoms with Gasteiger partial charge in [0, 0.05) is 0 Å². The molecule has 0 aromatic carbocycles. The topological polar surface area (TPSA) is 26.3 Å². The van der Waals surface area contributed by atoms with Gasteiger partial charge in [-0.05, 0) is 22.4 Å². The van der Waals surface area contributed by atoms with Crippen molar-refractivity contribution in [1.82, 2.24) is 0 Å². The van der Waals surface area contributed by atoms with Gasteiger partial charge in [0.1, 0.15) is 0 Å². The summed E-state index contributed by atoms with van der Waals surface area (Å²) in [7, 11) is 0. The molecule has 0 saturated carbocycles. The summed E-state index contributed by atoms with van der Waals surface area (Å²) in [4.78, 5) is 10.5. The molecule has 0 bridgehead atoms. The number of rotatable bonds is 5. The van der Waals surface area contributed by atoms with Gasteiger partial charge in [-0.25, -0.2) is 9.18 Å². The number of hydrogen-bond acceptors (Lipinski definition) is 2. The molecule has 0 aliphatic carbocycles. The van der Waals surface area contributed by atoms with Gasteiger partial charge in [0.15, 0.2) is 0 Å². The fourth-order valence-corrected chi connectivity index (χ4v) is 0.720. The summed E-state index contributed by atoms with van der Waals surface area (Å²) in [6, 6.07) is 0. The van der Waals surface area contributed by atoms with Crippen LogP contribution in [0, 0.1) is 0 Å². The Labute approximate surface area is 74.2 Å². The van der Waals surface area contributed by atoms with Gasteiger partial charge in [-0.1, -0.05) is 19.8 Å². The van der Waals surface area contributed by atoms with Gasteiger partial charge in [0.25, 0.3) is 5.08 Å². The van der Waals surface area contributed by atoms with E-state index in [1.807, 2.05) is 6.92 Å². The Hall–Kier alpha value is -0.120. The van der Waals surface area contributed by atoms with E-state index in [-0.39, 0.29) is 0 Å². The summed E-state index contributed by atoms with van der Waals surface area (Å²) in [6.07, 6.45) is 2.87. The molecule has 0 aromatic rings. The van der Waals surface area contributed by atoms with E-state index in [1.54, 1.807) is 0 Å². The zero-order chi connectivity index (χ0) is 8.69. The smallest absolute Gasteiger partial charge is 0.351 e. The molecule has 11 heavy (non-hydrogen) atoms. The number of hydrogen-bond donors (Lipinski definition) is 0. The van der Waals surface area contributed by atoms with Crippen LogP contribution in [-0.2, 0) is 9.53 Å². The van der Waals surface area contributed by atoms with Crippen LogP contribution in [-0.4, -0.2) is 17.7 Å². The minimum Gasteiger partial charge on any atom is -0.463 e. The molecule has 0 radical (unpaired) electrons. The lowest BCUT2D eigenvalue weighted by Crippen LogP contribution is -2.13. The zero-order valence-corrected chi connectivity index (χ0v) is 8.06. The highest BCUT2D eigenvalue weighted by Crippen LogP contribution is 2.03. The van der Waals surface area contributed by atoms with Crippen molar-refractivity contribution < 1.29 is 13.9 Å². The SMILES string of the molecule is CCCCCOC(=O)C(F)Br. The summed E-state index contributed by atoms with van der Waals surface area (Å²) in [5.74, 6) is -0.832. The molecule has 0 saturated heterocycles. The molecule has 0 amide bonds. The second kappa shape index (κ2) is 6.58. The van der Waals surface area contributed by atoms with Crippen LogP contribution in [0.1, 0.15) is 26.2 Å². The first-order chi connectivity index (χ1) is 5.18. The van der Waals surface area contributed by atoms with Gasteiger partial charge in [-0.2, -0.15) is 0 Å². The Morgan fingerprint density at radius 1 is 1.64 bits per heavy atom. The van der Waals surface area contributed by atoms with Crippen molar-refractivity contribution in [2.24, 2.45) is 0 Å². The average molecular weight is 227 g/mol. The van der Waals surface area contributed by atoms with Crippen molar-refractivity contribution in [3.05, 3.63) is 0 Å². The quantitative estimate of drug-likeness (QED) is 0.409. The zero-order valence-electron chi connectivity index (χ0n) is 6.48. The first-order valence-corrected chi connectivity index (χ1v) is 4.54. The van der Waals surface area contributed by atoms with E-state index < -0.39 is 11.1 Å². The molecule has 4 heteroatoms. The van der Waals surface area contributed by atoms with E-state index in [0.717, 1.165) is 19.3 Å². The standard InChI is InChI=1S/C7H12BrFO2/c1-2-3-4-5-11-7(10)6(8)9/h6H,2-5H2,1H3. The lowest BCUT2D eigenvalue weighted by Gasteiger charge is -2.02. The summed E-state index contributed by atoms with van der Waals surface area (Å²) in [5, 5.41) is -1.68. The number of unbranched alkanes of at least 4 members (excludes halogenated alkanes) is 2. The normalized spacial score (nSPS) is 12.6. The van der Waals surface area contributed by atoms with Gasteiger partial charge >= 0.3 is 5.97 Å². The van der Waals surface area contributed by atoms with Crippen LogP contribution >= 0.6 is 15.9 Å². The molecule has 1 atom stereocenters. The van der Waals surface area contributed by atoms with E-state index in [1.165, 1.54) is 0 Å². The van der Waals surface area contributed by atoms with E-state index in [2.05, 4.69) is 20.7 Å². The summed E-state index contributed by atoms with van der Waals surface area (Å²) >= 11 is 2.47. The number of carbonyl (C=O) groups excluding carboxylic acids is 1. The Morgan fingerprint density at radius 2 is 2.27 bits per heavy atom. The molecule has 0 rings (SSSR count). The highest BCUT2D eigenvalue weighted by atomic mass is 79.9. The Bertz CT molecular complexity index is 117. The molecule has 66 valence electrons. The second-order valence-electron chi connectivity index (χ2n) is 2.18. The first-order valence-electron chi connectivity index (χ1n) is 3.63. The Kier molecular flexibility index (Phi) is 6.51. The summed E-state index contributed by atoms with van der Waals surface area (Å²) in [5.41, 5.74) is 0. The molecule has 0 aromatic heterocycles. The fraction of sp³-hybridized carbons (Fsp3) is 0.857. The summed E-state index contributed by atoms with van der Waals surface area (Å²) < 4.78 is 16.6. The minimum absolute atomic E-state index is 0.318. The van der Waals surface area contributed by atoms with Crippen molar-refractivity contribution in [2.45, 2.75) is 31.3 Å². The van der Waals surface area contributed by atoms with Gasteiger partial charge in [0.2, 0.25) is 0 Å². The van der Waals surface area contributed by atoms with Gasteiger partial charge < -0.3 is 4.74 Å². The van der Waals surface area contributed by atoms with Gasteiger partial charge in [-0.15, -0.1) is 0 Å². The van der Waals surface area contributed by atoms with Gasteiger partial charge in [-0.3, -0.25) is 0 Å². The van der Waals surface area contributed by atoms with Crippen LogP contribution < -0.4 is 0 Å². The van der Waals surface area contributed by atoms with Crippen molar-refractivity contribution in [2.75, 3.05) is 6.61 Å². The van der Waals surface area contributed by atoms with Crippen LogP contribution in [0.15, 0.2) is 0 Å². The lowest BCUT2D eigenvalue weighted by atomic mass is 10.3. The monoisotopic (exact) mass is 226 g/mol. The van der Waals surface area contributed by atoms with Crippen molar-refractivity contribution >= 4 is 21.9 Å². The Morgan fingerprint density at radius 3 is 2.73 bits per heavy atom. The van der Waals surface area contributed by atoms with E-state index in [9.17, 15) is 9.18 Å². The minimum atomic E-state index is -1.68. The molecule has 0 spiro atoms. The maximum absolute atomic E-state index is 12.0. The second-order valence-corrected chi connectivity index (χ2v) is 2.98. The van der Waals surface area contributed by atoms with E-state index in [4.69, 9.17) is 0 Å². The predicted molar refractivity (Wildman–Crippen MR) is 44.3 cm³/mol. The van der Waals surface area contributed by atoms with Crippen LogP contribution in [0.5, 0.6) is 0 Å². The lowest BCUT2D eigenvalue weighted by molar-refractivity contribution is -0.145. The van der Waals surface area contributed by atoms with Crippen molar-refractivity contribution in [3.63, 3.8) is 0 Å². The molecule has 0 aliphatic rings. The Balaban J connectivity index is 3.18. The van der Waals surface area contributed by atoms with Gasteiger partial charge in [0.05, 0.1) is 6.61 Å². The maximum Gasteiger partial charge on any atom is 0.351 e. The molecule has 0 heterocycles. The van der Waals surface area contributed by atoms with E-state index in [0.29, 0.717) is 6.61 Å². The highest BCUT2D eigenvalue weighted by molar-refractivity contribution is 9.09. The van der Waals surface area contributed by atoms with Crippen molar-refractivity contribution in [1.29, 1.82) is 0 Å². The number of carbonyl (C=O) groups is 1. The molecular weight excluding hydrogens is 215 g/mol. The first kappa shape index (κ1) is 10.9. The molecule has 1 unspecified atom stereocenters. The predicted octanol–water partition coefficient (Wildman–Crippen LogP) is 2.41. The van der Waals surface area contributed by atoms with Crippen LogP contribution in [0.25, 0.3) is 0 Å². The van der Waals surface area contributed by atoms with Crippen LogP contribution in [0.4, 0.5) is 4.39 Å². The third-order valence-electron chi connectivity index (χ3n) is 1.17. The number of ether oxygens (including phenoxy) is 1. The van der Waals surface area contributed by atoms with Crippen molar-refractivity contribution in [3.8, 4) is 0 Å². The molecule has 0 fully saturated rings. The molecular formula is C7H12BrFO2. The highest BCUT2D eigenvalue weighted by Gasteiger charge is 2.13. The molecule has 0 N–H and O–H groups in total. The largest absolute Gasteiger partial charge is 0.463 e. The van der Waals surface area contributed by atoms with Crippen LogP contribution in [0.3, 0.4) is 0 Å². The molecule has 0 aliphatic heterocycles. The average Bonchev–Trinajstić information content (AvgIpc) is 1.97. The number of halogens is 2. The van der Waals surface area contributed by atoms with Crippen LogP contribution in [0.2, 0.25) is 0 Å². The fourth-order valence-electron chi connectivity index (χ4n) is 0.588. The third-order valence-corrected chi connectivity index (χ3v) is 1.54. The number of esters is 1. The number of alkyl halides is 2. The molecule has 2 nitrogen and oxygen atoms in total. The van der Waals surface area contributed by atoms with E-state index >= 15 is 0 Å². The third kappa shape index (κ3) is 6.28. The summed E-state index contributed by atoms with van der Waals surface area (Å²) in [6.45, 7) is 2.36. The maximum atomic E-state index is 12.0.